The summed E-state index contributed by atoms with van der Waals surface area (Å²) in [6, 6.07) is 18.1. The maximum atomic E-state index is 13.6. The molecule has 1 aromatic heterocycles. The van der Waals surface area contributed by atoms with Gasteiger partial charge in [0.2, 0.25) is 0 Å². The Balaban J connectivity index is 1.90. The Hall–Kier alpha value is -2.90. The van der Waals surface area contributed by atoms with Crippen LogP contribution in [0.5, 0.6) is 0 Å². The van der Waals surface area contributed by atoms with Crippen LogP contribution in [0, 0.1) is 0 Å². The molecule has 6 nitrogen and oxygen atoms in total. The van der Waals surface area contributed by atoms with Crippen LogP contribution in [0.15, 0.2) is 71.5 Å². The van der Waals surface area contributed by atoms with E-state index in [0.29, 0.717) is 38.0 Å². The number of benzene rings is 3. The predicted octanol–water partition coefficient (Wildman–Crippen LogP) is 6.20. The number of hydrogen-bond donors (Lipinski definition) is 0. The quantitative estimate of drug-likeness (QED) is 0.286. The fourth-order valence-electron chi connectivity index (χ4n) is 3.89. The highest BCUT2D eigenvalue weighted by Crippen LogP contribution is 2.28. The molecule has 0 spiro atoms. The first-order valence-electron chi connectivity index (χ1n) is 10.8. The summed E-state index contributed by atoms with van der Waals surface area (Å²) in [5, 5.41) is 1.67. The van der Waals surface area contributed by atoms with E-state index in [-0.39, 0.29) is 29.6 Å². The molecule has 9 heteroatoms. The van der Waals surface area contributed by atoms with E-state index in [1.807, 2.05) is 13.0 Å². The lowest BCUT2D eigenvalue weighted by Gasteiger charge is -2.30. The fraction of sp³-hybridized carbons (Fsp3) is 0.192. The second-order valence-corrected chi connectivity index (χ2v) is 9.18. The summed E-state index contributed by atoms with van der Waals surface area (Å²) in [5.74, 6) is 0.0619. The molecule has 0 fully saturated rings. The Morgan fingerprint density at radius 2 is 1.71 bits per heavy atom. The summed E-state index contributed by atoms with van der Waals surface area (Å²) in [5.41, 5.74) is 1.17. The minimum absolute atomic E-state index is 0.235. The molecular weight excluding hydrogens is 509 g/mol. The van der Waals surface area contributed by atoms with Crippen molar-refractivity contribution in [1.29, 1.82) is 0 Å². The van der Waals surface area contributed by atoms with Gasteiger partial charge in [-0.3, -0.25) is 14.2 Å². The Kier molecular flexibility index (Phi) is 7.77. The van der Waals surface area contributed by atoms with Gasteiger partial charge in [0.15, 0.2) is 0 Å². The molecular formula is C26H22Cl3N3O3. The van der Waals surface area contributed by atoms with Gasteiger partial charge in [0, 0.05) is 23.7 Å². The number of ether oxygens (including phenoxy) is 1. The zero-order valence-corrected chi connectivity index (χ0v) is 21.3. The summed E-state index contributed by atoms with van der Waals surface area (Å²) >= 11 is 18.5. The number of halogens is 3. The van der Waals surface area contributed by atoms with Crippen LogP contribution in [-0.2, 0) is 4.74 Å². The van der Waals surface area contributed by atoms with E-state index in [1.54, 1.807) is 66.6 Å². The molecule has 0 aliphatic carbocycles. The van der Waals surface area contributed by atoms with Crippen molar-refractivity contribution in [1.82, 2.24) is 14.5 Å². The monoisotopic (exact) mass is 529 g/mol. The second kappa shape index (κ2) is 10.8. The minimum Gasteiger partial charge on any atom is -0.383 e. The molecule has 4 rings (SSSR count). The first-order valence-corrected chi connectivity index (χ1v) is 12.0. The first-order chi connectivity index (χ1) is 16.8. The van der Waals surface area contributed by atoms with Crippen LogP contribution < -0.4 is 5.56 Å². The molecule has 0 aliphatic rings. The molecule has 0 saturated heterocycles. The third kappa shape index (κ3) is 5.21. The van der Waals surface area contributed by atoms with Gasteiger partial charge in [0.05, 0.1) is 39.8 Å². The third-order valence-corrected chi connectivity index (χ3v) is 6.49. The smallest absolute Gasteiger partial charge is 0.266 e. The molecule has 35 heavy (non-hydrogen) atoms. The second-order valence-electron chi connectivity index (χ2n) is 7.90. The number of carbonyl (C=O) groups is 1. The number of nitrogens with zero attached hydrogens (tertiary/aromatic N) is 3. The molecule has 0 N–H and O–H groups in total. The van der Waals surface area contributed by atoms with Crippen LogP contribution in [0.2, 0.25) is 15.1 Å². The van der Waals surface area contributed by atoms with Crippen molar-refractivity contribution in [3.63, 3.8) is 0 Å². The van der Waals surface area contributed by atoms with Gasteiger partial charge in [0.25, 0.3) is 11.5 Å². The standard InChI is InChI=1S/C26H22Cl3N3O3/c1-16(31(13-14-35-2)25(33)20-12-9-18(28)15-22(20)29)24-30-23-6-4-3-5-21(23)26(34)32(24)19-10-7-17(27)8-11-19/h3-12,15-16H,13-14H2,1-2H3. The van der Waals surface area contributed by atoms with E-state index >= 15 is 0 Å². The van der Waals surface area contributed by atoms with Gasteiger partial charge in [0.1, 0.15) is 5.82 Å². The number of aromatic nitrogens is 2. The average molecular weight is 531 g/mol. The van der Waals surface area contributed by atoms with Crippen LogP contribution in [0.25, 0.3) is 16.6 Å². The van der Waals surface area contributed by atoms with Gasteiger partial charge < -0.3 is 9.64 Å². The van der Waals surface area contributed by atoms with Crippen LogP contribution in [-0.4, -0.2) is 40.6 Å². The number of methoxy groups -OCH3 is 1. The van der Waals surface area contributed by atoms with Gasteiger partial charge in [-0.25, -0.2) is 4.98 Å². The topological polar surface area (TPSA) is 64.4 Å². The Labute approximate surface area is 217 Å². The number of rotatable bonds is 7. The van der Waals surface area contributed by atoms with Crippen molar-refractivity contribution in [2.75, 3.05) is 20.3 Å². The summed E-state index contributed by atoms with van der Waals surface area (Å²) in [4.78, 5) is 33.7. The highest BCUT2D eigenvalue weighted by Gasteiger charge is 2.28. The summed E-state index contributed by atoms with van der Waals surface area (Å²) in [7, 11) is 1.56. The zero-order valence-electron chi connectivity index (χ0n) is 19.0. The van der Waals surface area contributed by atoms with Crippen LogP contribution in [0.4, 0.5) is 0 Å². The normalized spacial score (nSPS) is 12.0. The number of hydrogen-bond acceptors (Lipinski definition) is 4. The molecule has 1 unspecified atom stereocenters. The Bertz CT molecular complexity index is 1440. The summed E-state index contributed by atoms with van der Waals surface area (Å²) in [6.07, 6.45) is 0. The van der Waals surface area contributed by atoms with E-state index in [2.05, 4.69) is 0 Å². The van der Waals surface area contributed by atoms with Crippen molar-refractivity contribution < 1.29 is 9.53 Å². The maximum absolute atomic E-state index is 13.6. The van der Waals surface area contributed by atoms with Crippen LogP contribution >= 0.6 is 34.8 Å². The minimum atomic E-state index is -0.614. The highest BCUT2D eigenvalue weighted by molar-refractivity contribution is 6.36. The van der Waals surface area contributed by atoms with E-state index in [0.717, 1.165) is 0 Å². The van der Waals surface area contributed by atoms with E-state index < -0.39 is 6.04 Å². The maximum Gasteiger partial charge on any atom is 0.266 e. The van der Waals surface area contributed by atoms with Crippen molar-refractivity contribution in [2.24, 2.45) is 0 Å². The number of fused-ring (bicyclic) bond motifs is 1. The molecule has 0 bridgehead atoms. The number of amides is 1. The molecule has 1 amide bonds. The molecule has 1 heterocycles. The van der Waals surface area contributed by atoms with Gasteiger partial charge in [-0.2, -0.15) is 0 Å². The van der Waals surface area contributed by atoms with Crippen molar-refractivity contribution in [2.45, 2.75) is 13.0 Å². The highest BCUT2D eigenvalue weighted by atomic mass is 35.5. The number of carbonyl (C=O) groups excluding carboxylic acids is 1. The Morgan fingerprint density at radius 1 is 1.03 bits per heavy atom. The third-order valence-electron chi connectivity index (χ3n) is 5.69. The lowest BCUT2D eigenvalue weighted by Crippen LogP contribution is -2.39. The van der Waals surface area contributed by atoms with Crippen molar-refractivity contribution in [3.05, 3.63) is 104 Å². The van der Waals surface area contributed by atoms with Gasteiger partial charge in [-0.05, 0) is 61.5 Å². The summed E-state index contributed by atoms with van der Waals surface area (Å²) < 4.78 is 6.78. The molecule has 3 aromatic carbocycles. The largest absolute Gasteiger partial charge is 0.383 e. The zero-order chi connectivity index (χ0) is 25.1. The molecule has 0 saturated carbocycles. The van der Waals surface area contributed by atoms with Crippen LogP contribution in [0.3, 0.4) is 0 Å². The molecule has 1 atom stereocenters. The van der Waals surface area contributed by atoms with Gasteiger partial charge in [-0.15, -0.1) is 0 Å². The molecule has 180 valence electrons. The van der Waals surface area contributed by atoms with Gasteiger partial charge in [-0.1, -0.05) is 46.9 Å². The van der Waals surface area contributed by atoms with E-state index in [1.165, 1.54) is 10.6 Å². The fourth-order valence-corrected chi connectivity index (χ4v) is 4.50. The molecule has 0 radical (unpaired) electrons. The lowest BCUT2D eigenvalue weighted by atomic mass is 10.1. The van der Waals surface area contributed by atoms with Crippen molar-refractivity contribution in [3.8, 4) is 5.69 Å². The Morgan fingerprint density at radius 3 is 2.40 bits per heavy atom. The number of para-hydroxylation sites is 1. The summed E-state index contributed by atoms with van der Waals surface area (Å²) in [6.45, 7) is 2.35. The van der Waals surface area contributed by atoms with Crippen molar-refractivity contribution >= 4 is 51.6 Å². The van der Waals surface area contributed by atoms with Gasteiger partial charge >= 0.3 is 0 Å². The van der Waals surface area contributed by atoms with E-state index in [9.17, 15) is 9.59 Å². The van der Waals surface area contributed by atoms with E-state index in [4.69, 9.17) is 44.5 Å². The SMILES string of the molecule is COCCN(C(=O)c1ccc(Cl)cc1Cl)C(C)c1nc2ccccc2c(=O)n1-c1ccc(Cl)cc1. The average Bonchev–Trinajstić information content (AvgIpc) is 2.84. The predicted molar refractivity (Wildman–Crippen MR) is 140 cm³/mol. The molecule has 0 aliphatic heterocycles. The lowest BCUT2D eigenvalue weighted by molar-refractivity contribution is 0.0605. The van der Waals surface area contributed by atoms with Crippen LogP contribution in [0.1, 0.15) is 29.1 Å². The molecule has 4 aromatic rings. The first kappa shape index (κ1) is 25.2.